The van der Waals surface area contributed by atoms with Crippen molar-refractivity contribution in [2.75, 3.05) is 14.1 Å². The molecule has 0 bridgehead atoms. The van der Waals surface area contributed by atoms with Crippen molar-refractivity contribution in [3.05, 3.63) is 23.7 Å². The normalized spacial score (nSPS) is 12.5. The highest BCUT2D eigenvalue weighted by Gasteiger charge is 2.17. The zero-order valence-electron chi connectivity index (χ0n) is 8.26. The Morgan fingerprint density at radius 2 is 2.13 bits per heavy atom. The molecule has 0 fully saturated rings. The molecule has 2 aromatic rings. The lowest BCUT2D eigenvalue weighted by Crippen LogP contribution is -2.22. The van der Waals surface area contributed by atoms with E-state index in [9.17, 15) is 8.42 Å². The van der Waals surface area contributed by atoms with Gasteiger partial charge in [0, 0.05) is 14.1 Å². The molecule has 1 aromatic heterocycles. The Hall–Kier alpha value is -0.980. The highest BCUT2D eigenvalue weighted by Crippen LogP contribution is 2.22. The van der Waals surface area contributed by atoms with Crippen LogP contribution >= 0.6 is 11.3 Å². The maximum absolute atomic E-state index is 11.8. The molecule has 15 heavy (non-hydrogen) atoms. The summed E-state index contributed by atoms with van der Waals surface area (Å²) in [5.41, 5.74) is 3.50. The lowest BCUT2D eigenvalue weighted by Gasteiger charge is -2.10. The van der Waals surface area contributed by atoms with Crippen molar-refractivity contribution in [3.8, 4) is 0 Å². The van der Waals surface area contributed by atoms with Crippen LogP contribution in [0.15, 0.2) is 23.1 Å². The van der Waals surface area contributed by atoms with Gasteiger partial charge in [-0.2, -0.15) is 0 Å². The number of fused-ring (bicyclic) bond motifs is 1. The van der Waals surface area contributed by atoms with Crippen LogP contribution < -0.4 is 0 Å². The van der Waals surface area contributed by atoms with E-state index in [2.05, 4.69) is 10.5 Å². The summed E-state index contributed by atoms with van der Waals surface area (Å²) < 4.78 is 25.6. The molecule has 0 amide bonds. The average molecular weight is 241 g/mol. The van der Waals surface area contributed by atoms with Gasteiger partial charge in [-0.3, -0.25) is 0 Å². The second-order valence-corrected chi connectivity index (χ2v) is 6.20. The highest BCUT2D eigenvalue weighted by atomic mass is 32.2. The molecule has 6 heteroatoms. The van der Waals surface area contributed by atoms with Gasteiger partial charge in [-0.25, -0.2) is 17.7 Å². The standard InChI is InChI=1S/C9H9N2O2S2/c1-11(2)15(12,13)7-3-4-8-9(5-7)14-6-10-8/h3-5H,1-2H3. The minimum absolute atomic E-state index is 0.289. The van der Waals surface area contributed by atoms with E-state index in [0.29, 0.717) is 0 Å². The van der Waals surface area contributed by atoms with Crippen molar-refractivity contribution in [2.45, 2.75) is 4.90 Å². The third-order valence-electron chi connectivity index (χ3n) is 2.03. The topological polar surface area (TPSA) is 50.3 Å². The van der Waals surface area contributed by atoms with E-state index in [4.69, 9.17) is 0 Å². The molecular formula is C9H9N2O2S2. The number of aromatic nitrogens is 1. The molecule has 0 atom stereocenters. The van der Waals surface area contributed by atoms with Gasteiger partial charge in [0.2, 0.25) is 10.0 Å². The third-order valence-corrected chi connectivity index (χ3v) is 4.57. The number of sulfonamides is 1. The van der Waals surface area contributed by atoms with Crippen LogP contribution in [-0.2, 0) is 10.0 Å². The Kier molecular flexibility index (Phi) is 2.49. The van der Waals surface area contributed by atoms with E-state index in [1.165, 1.54) is 29.7 Å². The van der Waals surface area contributed by atoms with Gasteiger partial charge in [0.1, 0.15) is 0 Å². The van der Waals surface area contributed by atoms with Crippen LogP contribution in [0.2, 0.25) is 0 Å². The first-order valence-corrected chi connectivity index (χ1v) is 6.46. The van der Waals surface area contributed by atoms with Crippen LogP contribution in [-0.4, -0.2) is 31.8 Å². The van der Waals surface area contributed by atoms with Crippen LogP contribution in [0.5, 0.6) is 0 Å². The maximum atomic E-state index is 11.8. The summed E-state index contributed by atoms with van der Waals surface area (Å²) in [6.07, 6.45) is 0. The molecule has 0 saturated carbocycles. The van der Waals surface area contributed by atoms with Crippen LogP contribution in [0.1, 0.15) is 0 Å². The fourth-order valence-electron chi connectivity index (χ4n) is 1.16. The number of thiazole rings is 1. The smallest absolute Gasteiger partial charge is 0.233 e. The lowest BCUT2D eigenvalue weighted by atomic mass is 10.3. The van der Waals surface area contributed by atoms with Gasteiger partial charge >= 0.3 is 0 Å². The molecule has 0 aliphatic heterocycles. The molecule has 1 aromatic carbocycles. The zero-order chi connectivity index (χ0) is 11.1. The Balaban J connectivity index is 2.63. The summed E-state index contributed by atoms with van der Waals surface area (Å²) in [7, 11) is -0.323. The summed E-state index contributed by atoms with van der Waals surface area (Å²) in [5, 5.41) is 0. The third kappa shape index (κ3) is 1.75. The minimum atomic E-state index is -3.35. The average Bonchev–Trinajstić information content (AvgIpc) is 2.63. The zero-order valence-corrected chi connectivity index (χ0v) is 9.89. The minimum Gasteiger partial charge on any atom is -0.233 e. The Morgan fingerprint density at radius 3 is 2.80 bits per heavy atom. The van der Waals surface area contributed by atoms with Gasteiger partial charge in [0.25, 0.3) is 0 Å². The Bertz CT molecular complexity index is 587. The van der Waals surface area contributed by atoms with Crippen molar-refractivity contribution < 1.29 is 8.42 Å². The van der Waals surface area contributed by atoms with E-state index in [-0.39, 0.29) is 4.90 Å². The first-order chi connectivity index (χ1) is 7.01. The van der Waals surface area contributed by atoms with Crippen LogP contribution in [0.25, 0.3) is 10.2 Å². The van der Waals surface area contributed by atoms with E-state index >= 15 is 0 Å². The van der Waals surface area contributed by atoms with Crippen molar-refractivity contribution >= 4 is 31.6 Å². The number of hydrogen-bond acceptors (Lipinski definition) is 4. The van der Waals surface area contributed by atoms with Gasteiger partial charge in [-0.15, -0.1) is 11.3 Å². The van der Waals surface area contributed by atoms with Gasteiger partial charge < -0.3 is 0 Å². The number of hydrogen-bond donors (Lipinski definition) is 0. The molecule has 0 N–H and O–H groups in total. The van der Waals surface area contributed by atoms with Crippen molar-refractivity contribution in [1.29, 1.82) is 0 Å². The lowest BCUT2D eigenvalue weighted by molar-refractivity contribution is 0.521. The van der Waals surface area contributed by atoms with E-state index in [1.54, 1.807) is 18.2 Å². The predicted octanol–water partition coefficient (Wildman–Crippen LogP) is 1.35. The van der Waals surface area contributed by atoms with E-state index in [1.807, 2.05) is 0 Å². The van der Waals surface area contributed by atoms with Crippen molar-refractivity contribution in [1.82, 2.24) is 9.29 Å². The number of nitrogens with zero attached hydrogens (tertiary/aromatic N) is 2. The number of benzene rings is 1. The molecule has 1 radical (unpaired) electrons. The summed E-state index contributed by atoms with van der Waals surface area (Å²) in [4.78, 5) is 4.26. The predicted molar refractivity (Wildman–Crippen MR) is 59.3 cm³/mol. The maximum Gasteiger partial charge on any atom is 0.242 e. The molecular weight excluding hydrogens is 232 g/mol. The summed E-state index contributed by atoms with van der Waals surface area (Å²) in [6.45, 7) is 0. The molecule has 1 heterocycles. The molecule has 79 valence electrons. The van der Waals surface area contributed by atoms with Gasteiger partial charge in [-0.1, -0.05) is 0 Å². The highest BCUT2D eigenvalue weighted by molar-refractivity contribution is 7.89. The van der Waals surface area contributed by atoms with Gasteiger partial charge in [0.05, 0.1) is 15.1 Å². The molecule has 0 spiro atoms. The monoisotopic (exact) mass is 241 g/mol. The second kappa shape index (κ2) is 3.55. The first-order valence-electron chi connectivity index (χ1n) is 4.21. The van der Waals surface area contributed by atoms with Crippen LogP contribution in [0.3, 0.4) is 0 Å². The fourth-order valence-corrected chi connectivity index (χ4v) is 2.81. The molecule has 0 aliphatic carbocycles. The summed E-state index contributed by atoms with van der Waals surface area (Å²) >= 11 is 1.31. The van der Waals surface area contributed by atoms with Crippen molar-refractivity contribution in [3.63, 3.8) is 0 Å². The summed E-state index contributed by atoms with van der Waals surface area (Å²) in [5.74, 6) is 0. The second-order valence-electron chi connectivity index (χ2n) is 3.22. The van der Waals surface area contributed by atoms with Gasteiger partial charge in [-0.05, 0) is 18.2 Å². The Labute approximate surface area is 92.2 Å². The Morgan fingerprint density at radius 1 is 1.40 bits per heavy atom. The van der Waals surface area contributed by atoms with Crippen LogP contribution in [0.4, 0.5) is 0 Å². The van der Waals surface area contributed by atoms with E-state index in [0.717, 1.165) is 10.2 Å². The largest absolute Gasteiger partial charge is 0.242 e. The van der Waals surface area contributed by atoms with E-state index < -0.39 is 10.0 Å². The molecule has 0 aliphatic rings. The SMILES string of the molecule is CN(C)S(=O)(=O)c1ccc2n[c]sc2c1. The molecule has 4 nitrogen and oxygen atoms in total. The number of rotatable bonds is 2. The quantitative estimate of drug-likeness (QED) is 0.797. The fraction of sp³-hybridized carbons (Fsp3) is 0.222. The summed E-state index contributed by atoms with van der Waals surface area (Å²) in [6, 6.07) is 4.88. The van der Waals surface area contributed by atoms with Crippen molar-refractivity contribution in [2.24, 2.45) is 0 Å². The molecule has 0 saturated heterocycles. The van der Waals surface area contributed by atoms with Gasteiger partial charge in [0.15, 0.2) is 5.51 Å². The first kappa shape index (κ1) is 10.5. The molecule has 0 unspecified atom stereocenters. The van der Waals surface area contributed by atoms with Crippen LogP contribution in [0, 0.1) is 5.51 Å². The molecule has 2 rings (SSSR count).